The molecule has 2 aromatic rings. The molecule has 1 saturated carbocycles. The summed E-state index contributed by atoms with van der Waals surface area (Å²) in [6.45, 7) is 4.59. The van der Waals surface area contributed by atoms with Crippen molar-refractivity contribution in [2.24, 2.45) is 11.8 Å². The van der Waals surface area contributed by atoms with E-state index in [1.165, 1.54) is 25.7 Å². The molecule has 1 aliphatic carbocycles. The molecule has 162 valence electrons. The molecule has 2 N–H and O–H groups in total. The quantitative estimate of drug-likeness (QED) is 0.701. The van der Waals surface area contributed by atoms with E-state index in [9.17, 15) is 13.2 Å². The third-order valence-electron chi connectivity index (χ3n) is 6.08. The summed E-state index contributed by atoms with van der Waals surface area (Å²) in [6, 6.07) is 13.5. The average Bonchev–Trinajstić information content (AvgIpc) is 2.76. The van der Waals surface area contributed by atoms with Crippen LogP contribution in [0, 0.1) is 11.8 Å². The van der Waals surface area contributed by atoms with Crippen LogP contribution in [0.15, 0.2) is 53.4 Å². The lowest BCUT2D eigenvalue weighted by atomic mass is 9.78. The Labute approximate surface area is 179 Å². The molecule has 7 heteroatoms. The molecule has 0 aromatic heterocycles. The first-order valence-corrected chi connectivity index (χ1v) is 11.8. The third kappa shape index (κ3) is 5.40. The molecular weight excluding hydrogens is 400 g/mol. The zero-order valence-corrected chi connectivity index (χ0v) is 18.5. The summed E-state index contributed by atoms with van der Waals surface area (Å²) >= 11 is 0. The molecule has 0 aliphatic heterocycles. The van der Waals surface area contributed by atoms with Crippen LogP contribution in [0.25, 0.3) is 0 Å². The Kier molecular flexibility index (Phi) is 7.15. The first-order valence-electron chi connectivity index (χ1n) is 10.3. The summed E-state index contributed by atoms with van der Waals surface area (Å²) in [7, 11) is -2.10. The van der Waals surface area contributed by atoms with Crippen molar-refractivity contribution < 1.29 is 17.9 Å². The van der Waals surface area contributed by atoms with Crippen molar-refractivity contribution in [2.45, 2.75) is 50.6 Å². The minimum absolute atomic E-state index is 0.0775. The van der Waals surface area contributed by atoms with E-state index in [-0.39, 0.29) is 23.4 Å². The lowest BCUT2D eigenvalue weighted by molar-refractivity contribution is 0.0891. The maximum Gasteiger partial charge on any atom is 0.251 e. The number of carbonyl (C=O) groups is 1. The van der Waals surface area contributed by atoms with Gasteiger partial charge >= 0.3 is 0 Å². The molecule has 1 amide bonds. The van der Waals surface area contributed by atoms with Gasteiger partial charge < -0.3 is 10.1 Å². The number of nitrogens with one attached hydrogen (secondary N) is 2. The highest BCUT2D eigenvalue weighted by Gasteiger charge is 2.28. The predicted molar refractivity (Wildman–Crippen MR) is 117 cm³/mol. The van der Waals surface area contributed by atoms with E-state index < -0.39 is 10.0 Å². The van der Waals surface area contributed by atoms with Crippen LogP contribution in [0.3, 0.4) is 0 Å². The van der Waals surface area contributed by atoms with Crippen LogP contribution in [-0.2, 0) is 16.6 Å². The second kappa shape index (κ2) is 9.62. The first-order chi connectivity index (χ1) is 14.3. The normalized spacial score (nSPS) is 21.8. The number of ether oxygens (including phenoxy) is 1. The van der Waals surface area contributed by atoms with Crippen LogP contribution >= 0.6 is 0 Å². The van der Waals surface area contributed by atoms with Crippen molar-refractivity contribution in [1.82, 2.24) is 10.0 Å². The van der Waals surface area contributed by atoms with Gasteiger partial charge in [0.05, 0.1) is 12.0 Å². The van der Waals surface area contributed by atoms with Crippen molar-refractivity contribution in [2.75, 3.05) is 7.11 Å². The summed E-state index contributed by atoms with van der Waals surface area (Å²) < 4.78 is 32.5. The van der Waals surface area contributed by atoms with Crippen molar-refractivity contribution in [3.05, 3.63) is 59.7 Å². The molecule has 1 aliphatic rings. The summed E-state index contributed by atoms with van der Waals surface area (Å²) in [5.41, 5.74) is 1.37. The molecule has 0 spiro atoms. The van der Waals surface area contributed by atoms with Crippen molar-refractivity contribution in [1.29, 1.82) is 0 Å². The van der Waals surface area contributed by atoms with Gasteiger partial charge in [-0.05, 0) is 60.2 Å². The molecule has 3 atom stereocenters. The lowest BCUT2D eigenvalue weighted by Crippen LogP contribution is -2.43. The van der Waals surface area contributed by atoms with E-state index in [0.717, 1.165) is 18.4 Å². The molecule has 3 rings (SSSR count). The summed E-state index contributed by atoms with van der Waals surface area (Å²) in [5.74, 6) is 1.60. The number of rotatable bonds is 7. The second-order valence-electron chi connectivity index (χ2n) is 8.04. The van der Waals surface area contributed by atoms with Crippen molar-refractivity contribution in [3.63, 3.8) is 0 Å². The molecular formula is C23H30N2O4S. The molecule has 0 heterocycles. The van der Waals surface area contributed by atoms with Crippen LogP contribution in [0.2, 0.25) is 0 Å². The molecule has 0 bridgehead atoms. The van der Waals surface area contributed by atoms with Crippen LogP contribution < -0.4 is 14.8 Å². The van der Waals surface area contributed by atoms with E-state index >= 15 is 0 Å². The van der Waals surface area contributed by atoms with Crippen LogP contribution in [-0.4, -0.2) is 27.5 Å². The minimum Gasteiger partial charge on any atom is -0.497 e. The number of methoxy groups -OCH3 is 1. The zero-order valence-electron chi connectivity index (χ0n) is 17.7. The Balaban J connectivity index is 1.58. The molecule has 3 unspecified atom stereocenters. The molecule has 6 nitrogen and oxygen atoms in total. The summed E-state index contributed by atoms with van der Waals surface area (Å²) in [4.78, 5) is 12.8. The Hall–Kier alpha value is -2.38. The standard InChI is InChI=1S/C23H30N2O4S/c1-16-5-4-6-22(17(16)2)25-23(26)19-9-7-18(8-10-19)15-24-30(27,28)21-13-11-20(29-3)12-14-21/h7-14,16-17,22,24H,4-6,15H2,1-3H3,(H,25,26). The molecule has 30 heavy (non-hydrogen) atoms. The Morgan fingerprint density at radius 3 is 2.33 bits per heavy atom. The maximum absolute atomic E-state index is 12.6. The largest absolute Gasteiger partial charge is 0.497 e. The highest BCUT2D eigenvalue weighted by molar-refractivity contribution is 7.89. The number of carbonyl (C=O) groups excluding carboxylic acids is 1. The number of benzene rings is 2. The van der Waals surface area contributed by atoms with Gasteiger partial charge in [0.25, 0.3) is 5.91 Å². The monoisotopic (exact) mass is 430 g/mol. The van der Waals surface area contributed by atoms with Gasteiger partial charge in [-0.2, -0.15) is 0 Å². The van der Waals surface area contributed by atoms with Gasteiger partial charge in [0.2, 0.25) is 10.0 Å². The van der Waals surface area contributed by atoms with Crippen molar-refractivity contribution in [3.8, 4) is 5.75 Å². The second-order valence-corrected chi connectivity index (χ2v) is 9.81. The number of amides is 1. The van der Waals surface area contributed by atoms with Gasteiger partial charge in [0.1, 0.15) is 5.75 Å². The highest BCUT2D eigenvalue weighted by atomic mass is 32.2. The van der Waals surface area contributed by atoms with Gasteiger partial charge in [0.15, 0.2) is 0 Å². The van der Waals surface area contributed by atoms with E-state index in [1.807, 2.05) is 0 Å². The minimum atomic E-state index is -3.63. The highest BCUT2D eigenvalue weighted by Crippen LogP contribution is 2.29. The maximum atomic E-state index is 12.6. The van der Waals surface area contributed by atoms with E-state index in [1.54, 1.807) is 36.4 Å². The van der Waals surface area contributed by atoms with Gasteiger partial charge in [-0.25, -0.2) is 13.1 Å². The van der Waals surface area contributed by atoms with E-state index in [4.69, 9.17) is 4.74 Å². The fourth-order valence-electron chi connectivity index (χ4n) is 3.83. The van der Waals surface area contributed by atoms with Gasteiger partial charge in [-0.1, -0.05) is 38.8 Å². The number of sulfonamides is 1. The van der Waals surface area contributed by atoms with Crippen LogP contribution in [0.1, 0.15) is 49.0 Å². The first kappa shape index (κ1) is 22.3. The molecule has 0 radical (unpaired) electrons. The fraction of sp³-hybridized carbons (Fsp3) is 0.435. The van der Waals surface area contributed by atoms with Crippen molar-refractivity contribution >= 4 is 15.9 Å². The Morgan fingerprint density at radius 1 is 1.03 bits per heavy atom. The SMILES string of the molecule is COc1ccc(S(=O)(=O)NCc2ccc(C(=O)NC3CCCC(C)C3C)cc2)cc1. The van der Waals surface area contributed by atoms with Gasteiger partial charge in [0, 0.05) is 18.2 Å². The van der Waals surface area contributed by atoms with Crippen LogP contribution in [0.5, 0.6) is 5.75 Å². The van der Waals surface area contributed by atoms with Crippen LogP contribution in [0.4, 0.5) is 0 Å². The summed E-state index contributed by atoms with van der Waals surface area (Å²) in [5, 5.41) is 3.16. The predicted octanol–water partition coefficient (Wildman–Crippen LogP) is 3.73. The Bertz CT molecular complexity index is 956. The van der Waals surface area contributed by atoms with E-state index in [2.05, 4.69) is 23.9 Å². The third-order valence-corrected chi connectivity index (χ3v) is 7.49. The molecule has 1 fully saturated rings. The number of hydrogen-bond donors (Lipinski definition) is 2. The van der Waals surface area contributed by atoms with Gasteiger partial charge in [-0.3, -0.25) is 4.79 Å². The zero-order chi connectivity index (χ0) is 21.7. The topological polar surface area (TPSA) is 84.5 Å². The molecule has 0 saturated heterocycles. The molecule has 2 aromatic carbocycles. The van der Waals surface area contributed by atoms with Gasteiger partial charge in [-0.15, -0.1) is 0 Å². The van der Waals surface area contributed by atoms with E-state index in [0.29, 0.717) is 23.1 Å². The smallest absolute Gasteiger partial charge is 0.251 e. The fourth-order valence-corrected chi connectivity index (χ4v) is 4.85. The summed E-state index contributed by atoms with van der Waals surface area (Å²) in [6.07, 6.45) is 3.38. The lowest BCUT2D eigenvalue weighted by Gasteiger charge is -2.34. The number of hydrogen-bond acceptors (Lipinski definition) is 4. The Morgan fingerprint density at radius 2 is 1.70 bits per heavy atom. The average molecular weight is 431 g/mol.